The average Bonchev–Trinajstić information content (AvgIpc) is 3.28. The number of piperidine rings is 1. The van der Waals surface area contributed by atoms with Gasteiger partial charge >= 0.3 is 0 Å². The van der Waals surface area contributed by atoms with E-state index in [2.05, 4.69) is 15.3 Å². The highest BCUT2D eigenvalue weighted by atomic mass is 32.2. The number of aromatic nitrogens is 3. The quantitative estimate of drug-likeness (QED) is 0.557. The number of benzene rings is 1. The van der Waals surface area contributed by atoms with Crippen LogP contribution in [0.25, 0.3) is 16.7 Å². The zero-order chi connectivity index (χ0) is 24.6. The highest BCUT2D eigenvalue weighted by Crippen LogP contribution is 2.29. The number of carbonyl (C=O) groups excluding carboxylic acids is 1. The van der Waals surface area contributed by atoms with Gasteiger partial charge in [0.15, 0.2) is 9.84 Å². The van der Waals surface area contributed by atoms with E-state index < -0.39 is 9.84 Å². The molecule has 2 aromatic heterocycles. The van der Waals surface area contributed by atoms with Crippen LogP contribution >= 0.6 is 0 Å². The molecule has 186 valence electrons. The summed E-state index contributed by atoms with van der Waals surface area (Å²) in [4.78, 5) is 24.1. The van der Waals surface area contributed by atoms with Crippen molar-refractivity contribution in [3.63, 3.8) is 0 Å². The van der Waals surface area contributed by atoms with E-state index in [1.807, 2.05) is 21.7 Å². The maximum atomic E-state index is 12.9. The second-order valence-electron chi connectivity index (χ2n) is 9.63. The summed E-state index contributed by atoms with van der Waals surface area (Å²) < 4.78 is 26.2. The predicted molar refractivity (Wildman–Crippen MR) is 133 cm³/mol. The van der Waals surface area contributed by atoms with Crippen LogP contribution in [0.1, 0.15) is 38.5 Å². The van der Waals surface area contributed by atoms with E-state index in [1.54, 1.807) is 30.5 Å². The molecule has 1 saturated carbocycles. The molecule has 1 aliphatic heterocycles. The lowest BCUT2D eigenvalue weighted by Crippen LogP contribution is -2.44. The molecular formula is C25H31N5O4S. The fourth-order valence-electron chi connectivity index (χ4n) is 5.23. The number of nitrogens with zero attached hydrogens (tertiary/aromatic N) is 4. The summed E-state index contributed by atoms with van der Waals surface area (Å²) in [6.45, 7) is 1.30. The molecule has 3 heterocycles. The number of aliphatic hydroxyl groups excluding tert-OH is 1. The molecule has 5 rings (SSSR count). The van der Waals surface area contributed by atoms with Gasteiger partial charge in [0.2, 0.25) is 11.9 Å². The van der Waals surface area contributed by atoms with Gasteiger partial charge in [-0.2, -0.15) is 4.98 Å². The molecule has 0 spiro atoms. The molecule has 35 heavy (non-hydrogen) atoms. The van der Waals surface area contributed by atoms with Crippen LogP contribution in [-0.4, -0.2) is 70.4 Å². The average molecular weight is 498 g/mol. The lowest BCUT2D eigenvalue weighted by atomic mass is 9.85. The Hall–Kier alpha value is -2.98. The van der Waals surface area contributed by atoms with E-state index in [1.165, 1.54) is 6.26 Å². The summed E-state index contributed by atoms with van der Waals surface area (Å²) in [5.41, 5.74) is 0.766. The van der Waals surface area contributed by atoms with Gasteiger partial charge in [-0.1, -0.05) is 6.07 Å². The molecule has 0 bridgehead atoms. The van der Waals surface area contributed by atoms with Gasteiger partial charge in [0.25, 0.3) is 0 Å². The minimum atomic E-state index is -3.34. The first-order valence-corrected chi connectivity index (χ1v) is 14.1. The van der Waals surface area contributed by atoms with Gasteiger partial charge in [0, 0.05) is 49.1 Å². The lowest BCUT2D eigenvalue weighted by Gasteiger charge is -2.35. The number of rotatable bonds is 5. The Morgan fingerprint density at radius 2 is 1.80 bits per heavy atom. The molecule has 9 nitrogen and oxygen atoms in total. The van der Waals surface area contributed by atoms with E-state index >= 15 is 0 Å². The molecule has 1 aliphatic carbocycles. The molecule has 1 amide bonds. The zero-order valence-corrected chi connectivity index (χ0v) is 20.6. The Balaban J connectivity index is 1.25. The molecule has 1 aromatic carbocycles. The van der Waals surface area contributed by atoms with Gasteiger partial charge in [0.05, 0.1) is 16.5 Å². The minimum absolute atomic E-state index is 0.0471. The van der Waals surface area contributed by atoms with Crippen molar-refractivity contribution in [1.29, 1.82) is 0 Å². The first-order valence-electron chi connectivity index (χ1n) is 12.2. The smallest absolute Gasteiger partial charge is 0.225 e. The normalized spacial score (nSPS) is 21.8. The summed E-state index contributed by atoms with van der Waals surface area (Å²) in [7, 11) is -3.34. The number of carbonyl (C=O) groups is 1. The Labute approximate surface area is 205 Å². The summed E-state index contributed by atoms with van der Waals surface area (Å²) in [5, 5.41) is 13.8. The van der Waals surface area contributed by atoms with Gasteiger partial charge in [-0.25, -0.2) is 13.4 Å². The Morgan fingerprint density at radius 1 is 1.06 bits per heavy atom. The van der Waals surface area contributed by atoms with Crippen molar-refractivity contribution in [2.45, 2.75) is 55.6 Å². The number of amides is 1. The van der Waals surface area contributed by atoms with Crippen LogP contribution in [0.4, 0.5) is 5.95 Å². The van der Waals surface area contributed by atoms with E-state index in [4.69, 9.17) is 0 Å². The van der Waals surface area contributed by atoms with Crippen LogP contribution in [0.5, 0.6) is 0 Å². The molecule has 10 heteroatoms. The van der Waals surface area contributed by atoms with Crippen molar-refractivity contribution < 1.29 is 18.3 Å². The number of anilines is 1. The maximum absolute atomic E-state index is 12.9. The largest absolute Gasteiger partial charge is 0.393 e. The minimum Gasteiger partial charge on any atom is -0.393 e. The van der Waals surface area contributed by atoms with Crippen molar-refractivity contribution >= 4 is 32.6 Å². The topological polar surface area (TPSA) is 117 Å². The number of aliphatic hydroxyl groups is 1. The summed E-state index contributed by atoms with van der Waals surface area (Å²) >= 11 is 0. The Morgan fingerprint density at radius 3 is 2.51 bits per heavy atom. The van der Waals surface area contributed by atoms with Crippen LogP contribution < -0.4 is 5.32 Å². The summed E-state index contributed by atoms with van der Waals surface area (Å²) in [6.07, 6.45) is 9.17. The maximum Gasteiger partial charge on any atom is 0.225 e. The van der Waals surface area contributed by atoms with E-state index in [9.17, 15) is 18.3 Å². The lowest BCUT2D eigenvalue weighted by molar-refractivity contribution is -0.138. The number of likely N-dealkylation sites (tertiary alicyclic amines) is 1. The SMILES string of the molecule is CS(=O)(=O)c1cccc2c1ccn2-c1ccnc(NC2CCC(C(=O)N3CCC(O)CC3)CC2)n1. The molecule has 0 radical (unpaired) electrons. The van der Waals surface area contributed by atoms with Crippen molar-refractivity contribution in [3.8, 4) is 5.82 Å². The molecule has 0 atom stereocenters. The summed E-state index contributed by atoms with van der Waals surface area (Å²) in [5.74, 6) is 1.44. The highest BCUT2D eigenvalue weighted by Gasteiger charge is 2.31. The second-order valence-corrected chi connectivity index (χ2v) is 11.6. The van der Waals surface area contributed by atoms with Crippen LogP contribution in [-0.2, 0) is 14.6 Å². The molecule has 2 fully saturated rings. The third kappa shape index (κ3) is 5.04. The van der Waals surface area contributed by atoms with Crippen molar-refractivity contribution in [3.05, 3.63) is 42.7 Å². The number of hydrogen-bond donors (Lipinski definition) is 2. The Kier molecular flexibility index (Phi) is 6.50. The molecular weight excluding hydrogens is 466 g/mol. The zero-order valence-electron chi connectivity index (χ0n) is 19.8. The predicted octanol–water partition coefficient (Wildman–Crippen LogP) is 2.78. The van der Waals surface area contributed by atoms with Crippen LogP contribution in [0.3, 0.4) is 0 Å². The van der Waals surface area contributed by atoms with Crippen LogP contribution in [0.2, 0.25) is 0 Å². The first kappa shape index (κ1) is 23.7. The standard InChI is InChI=1S/C25H31N5O4S/c1-35(33,34)22-4-2-3-21-20(22)12-16-30(21)23-9-13-26-25(28-23)27-18-7-5-17(6-8-18)24(32)29-14-10-19(31)11-15-29/h2-4,9,12-13,16-19,31H,5-8,10-11,14-15H2,1H3,(H,26,27,28). The van der Waals surface area contributed by atoms with Gasteiger partial charge in [-0.05, 0) is 62.8 Å². The third-order valence-electron chi connectivity index (χ3n) is 7.17. The molecule has 1 saturated heterocycles. The Bertz CT molecular complexity index is 1320. The number of sulfone groups is 1. The molecule has 3 aromatic rings. The van der Waals surface area contributed by atoms with Crippen LogP contribution in [0, 0.1) is 5.92 Å². The van der Waals surface area contributed by atoms with Gasteiger partial charge in [-0.3, -0.25) is 4.79 Å². The van der Waals surface area contributed by atoms with Crippen molar-refractivity contribution in [1.82, 2.24) is 19.4 Å². The number of hydrogen-bond acceptors (Lipinski definition) is 7. The van der Waals surface area contributed by atoms with E-state index in [0.29, 0.717) is 48.0 Å². The van der Waals surface area contributed by atoms with Gasteiger partial charge < -0.3 is 19.9 Å². The fourth-order valence-corrected chi connectivity index (χ4v) is 6.12. The van der Waals surface area contributed by atoms with E-state index in [0.717, 1.165) is 31.2 Å². The van der Waals surface area contributed by atoms with Gasteiger partial charge in [0.1, 0.15) is 5.82 Å². The van der Waals surface area contributed by atoms with Crippen molar-refractivity contribution in [2.75, 3.05) is 24.7 Å². The van der Waals surface area contributed by atoms with Crippen LogP contribution in [0.15, 0.2) is 47.6 Å². The number of nitrogens with one attached hydrogen (secondary N) is 1. The number of fused-ring (bicyclic) bond motifs is 1. The monoisotopic (exact) mass is 497 g/mol. The third-order valence-corrected chi connectivity index (χ3v) is 8.32. The van der Waals surface area contributed by atoms with E-state index in [-0.39, 0.29) is 24.0 Å². The molecule has 2 aliphatic rings. The second kappa shape index (κ2) is 9.58. The summed E-state index contributed by atoms with van der Waals surface area (Å²) in [6, 6.07) is 9.01. The van der Waals surface area contributed by atoms with Gasteiger partial charge in [-0.15, -0.1) is 0 Å². The molecule has 2 N–H and O–H groups in total. The van der Waals surface area contributed by atoms with Crippen molar-refractivity contribution in [2.24, 2.45) is 5.92 Å². The fraction of sp³-hybridized carbons (Fsp3) is 0.480. The molecule has 0 unspecified atom stereocenters. The first-order chi connectivity index (χ1) is 16.8. The highest BCUT2D eigenvalue weighted by molar-refractivity contribution is 7.91.